The molecule has 0 aliphatic heterocycles. The van der Waals surface area contributed by atoms with Crippen molar-refractivity contribution in [3.05, 3.63) is 0 Å². The van der Waals surface area contributed by atoms with Gasteiger partial charge in [-0.3, -0.25) is 0 Å². The minimum atomic E-state index is 0.679. The van der Waals surface area contributed by atoms with E-state index in [2.05, 4.69) is 48.5 Å². The molecule has 6 saturated carbocycles. The van der Waals surface area contributed by atoms with Crippen molar-refractivity contribution in [2.75, 3.05) is 0 Å². The quantitative estimate of drug-likeness (QED) is 0.406. The van der Waals surface area contributed by atoms with Crippen LogP contribution in [-0.2, 0) is 0 Å². The topological polar surface area (TPSA) is 0 Å². The zero-order chi connectivity index (χ0) is 23.4. The van der Waals surface area contributed by atoms with Gasteiger partial charge < -0.3 is 0 Å². The first-order valence-corrected chi connectivity index (χ1v) is 15.1. The predicted octanol–water partition coefficient (Wildman–Crippen LogP) is 10.7. The Morgan fingerprint density at radius 3 is 1.31 bits per heavy atom. The second-order valence-corrected chi connectivity index (χ2v) is 14.4. The lowest BCUT2D eigenvalue weighted by molar-refractivity contribution is -0.0789. The van der Waals surface area contributed by atoms with Crippen LogP contribution in [0, 0.1) is 52.3 Å². The van der Waals surface area contributed by atoms with Crippen molar-refractivity contribution in [3.8, 4) is 0 Å². The van der Waals surface area contributed by atoms with E-state index in [0.717, 1.165) is 46.8 Å². The van der Waals surface area contributed by atoms with Crippen molar-refractivity contribution in [2.24, 2.45) is 52.3 Å². The third kappa shape index (κ3) is 6.78. The van der Waals surface area contributed by atoms with Gasteiger partial charge in [0.25, 0.3) is 0 Å². The summed E-state index contributed by atoms with van der Waals surface area (Å²) in [6.07, 6.45) is 24.3. The molecule has 0 nitrogen and oxygen atoms in total. The third-order valence-electron chi connectivity index (χ3n) is 11.3. The number of hydrogen-bond acceptors (Lipinski definition) is 0. The van der Waals surface area contributed by atoms with E-state index in [0.29, 0.717) is 5.41 Å². The highest BCUT2D eigenvalue weighted by Crippen LogP contribution is 2.62. The highest BCUT2D eigenvalue weighted by molar-refractivity contribution is 5.02. The van der Waals surface area contributed by atoms with E-state index in [-0.39, 0.29) is 0 Å². The molecule has 4 bridgehead atoms. The van der Waals surface area contributed by atoms with E-state index in [9.17, 15) is 0 Å². The first-order chi connectivity index (χ1) is 15.1. The highest BCUT2D eigenvalue weighted by atomic mass is 14.6. The van der Waals surface area contributed by atoms with Crippen molar-refractivity contribution < 1.29 is 0 Å². The van der Waals surface area contributed by atoms with E-state index in [4.69, 9.17) is 0 Å². The fraction of sp³-hybridized carbons (Fsp3) is 1.00. The Balaban J connectivity index is 0.000000139. The van der Waals surface area contributed by atoms with Gasteiger partial charge in [0.15, 0.2) is 0 Å². The standard InChI is InChI=1S/C13H22.C10H20.C9H18/c1-9(2)13-6-10-3-11(7-13)5-12(4-10)8-13;1-9(2)10(3)7-5-4-6-8-10;1-8(2)9-6-4-3-5-7-9/h9-12H,3-8H2,1-2H3;9H,4-8H2,1-3H3;8-9H,3-7H2,1-2H3. The Bertz CT molecular complexity index is 491. The molecular formula is C32H60. The summed E-state index contributed by atoms with van der Waals surface area (Å²) in [7, 11) is 0. The monoisotopic (exact) mass is 444 g/mol. The van der Waals surface area contributed by atoms with E-state index >= 15 is 0 Å². The third-order valence-corrected chi connectivity index (χ3v) is 11.3. The molecule has 0 radical (unpaired) electrons. The van der Waals surface area contributed by atoms with Crippen LogP contribution in [0.15, 0.2) is 0 Å². The molecule has 0 N–H and O–H groups in total. The SMILES string of the molecule is CC(C)C1(C)CCCCC1.CC(C)C12CC3CC(CC(C3)C1)C2.CC(C)C1CCCCC1. The molecule has 0 atom stereocenters. The molecule has 0 amide bonds. The van der Waals surface area contributed by atoms with E-state index in [1.807, 2.05) is 0 Å². The van der Waals surface area contributed by atoms with Crippen LogP contribution in [0.5, 0.6) is 0 Å². The van der Waals surface area contributed by atoms with Crippen LogP contribution < -0.4 is 0 Å². The molecule has 0 saturated heterocycles. The molecule has 6 rings (SSSR count). The molecule has 0 aromatic heterocycles. The van der Waals surface area contributed by atoms with E-state index in [1.54, 1.807) is 38.5 Å². The summed E-state index contributed by atoms with van der Waals surface area (Å²) in [5.41, 5.74) is 1.48. The lowest BCUT2D eigenvalue weighted by Crippen LogP contribution is -2.48. The van der Waals surface area contributed by atoms with Crippen molar-refractivity contribution in [3.63, 3.8) is 0 Å². The Labute approximate surface area is 203 Å². The van der Waals surface area contributed by atoms with Crippen LogP contribution in [-0.4, -0.2) is 0 Å². The summed E-state index contributed by atoms with van der Waals surface area (Å²) in [6.45, 7) is 16.8. The minimum Gasteiger partial charge on any atom is -0.0625 e. The van der Waals surface area contributed by atoms with Gasteiger partial charge in [-0.1, -0.05) is 99.8 Å². The Morgan fingerprint density at radius 1 is 0.562 bits per heavy atom. The van der Waals surface area contributed by atoms with E-state index < -0.39 is 0 Å². The zero-order valence-electron chi connectivity index (χ0n) is 23.4. The maximum absolute atomic E-state index is 2.47. The van der Waals surface area contributed by atoms with Crippen LogP contribution in [0.1, 0.15) is 151 Å². The largest absolute Gasteiger partial charge is 0.0625 e. The summed E-state index contributed by atoms with van der Waals surface area (Å²) in [5.74, 6) is 7.22. The second-order valence-electron chi connectivity index (χ2n) is 14.4. The number of hydrogen-bond donors (Lipinski definition) is 0. The normalized spacial score (nSPS) is 36.0. The first kappa shape index (κ1) is 26.6. The van der Waals surface area contributed by atoms with Crippen LogP contribution in [0.4, 0.5) is 0 Å². The summed E-state index contributed by atoms with van der Waals surface area (Å²) in [4.78, 5) is 0. The molecule has 0 aromatic carbocycles. The van der Waals surface area contributed by atoms with Gasteiger partial charge in [0, 0.05) is 0 Å². The smallest absolute Gasteiger partial charge is 0.0267 e. The fourth-order valence-electron chi connectivity index (χ4n) is 8.62. The van der Waals surface area contributed by atoms with Gasteiger partial charge in [0.05, 0.1) is 0 Å². The van der Waals surface area contributed by atoms with Crippen molar-refractivity contribution in [1.29, 1.82) is 0 Å². The van der Waals surface area contributed by atoms with Crippen molar-refractivity contribution in [2.45, 2.75) is 151 Å². The summed E-state index contributed by atoms with van der Waals surface area (Å²) >= 11 is 0. The average Bonchev–Trinajstić information content (AvgIpc) is 2.75. The molecule has 188 valence electrons. The Morgan fingerprint density at radius 2 is 1.00 bits per heavy atom. The van der Waals surface area contributed by atoms with Gasteiger partial charge in [-0.05, 0) is 104 Å². The molecule has 0 unspecified atom stereocenters. The Hall–Kier alpha value is 0. The zero-order valence-corrected chi connectivity index (χ0v) is 23.4. The molecule has 32 heavy (non-hydrogen) atoms. The van der Waals surface area contributed by atoms with Crippen LogP contribution in [0.25, 0.3) is 0 Å². The van der Waals surface area contributed by atoms with Crippen LogP contribution >= 0.6 is 0 Å². The van der Waals surface area contributed by atoms with Gasteiger partial charge in [-0.25, -0.2) is 0 Å². The molecule has 0 aromatic rings. The molecule has 0 spiro atoms. The predicted molar refractivity (Wildman–Crippen MR) is 143 cm³/mol. The minimum absolute atomic E-state index is 0.679. The molecule has 6 aliphatic carbocycles. The molecule has 6 fully saturated rings. The highest BCUT2D eigenvalue weighted by Gasteiger charge is 2.51. The van der Waals surface area contributed by atoms with Gasteiger partial charge in [0.2, 0.25) is 0 Å². The maximum Gasteiger partial charge on any atom is -0.0267 e. The van der Waals surface area contributed by atoms with Gasteiger partial charge in [-0.2, -0.15) is 0 Å². The van der Waals surface area contributed by atoms with Gasteiger partial charge in [-0.15, -0.1) is 0 Å². The Kier molecular flexibility index (Phi) is 9.66. The average molecular weight is 445 g/mol. The van der Waals surface area contributed by atoms with E-state index in [1.165, 1.54) is 64.2 Å². The van der Waals surface area contributed by atoms with Gasteiger partial charge in [0.1, 0.15) is 0 Å². The summed E-state index contributed by atoms with van der Waals surface area (Å²) < 4.78 is 0. The molecular weight excluding hydrogens is 384 g/mol. The van der Waals surface area contributed by atoms with Crippen LogP contribution in [0.2, 0.25) is 0 Å². The maximum atomic E-state index is 2.47. The molecule has 0 heterocycles. The van der Waals surface area contributed by atoms with Gasteiger partial charge >= 0.3 is 0 Å². The first-order valence-electron chi connectivity index (χ1n) is 15.1. The fourth-order valence-corrected chi connectivity index (χ4v) is 8.62. The lowest BCUT2D eigenvalue weighted by Gasteiger charge is -2.58. The van der Waals surface area contributed by atoms with Crippen molar-refractivity contribution in [1.82, 2.24) is 0 Å². The summed E-state index contributed by atoms with van der Waals surface area (Å²) in [6, 6.07) is 0. The molecule has 0 heteroatoms. The summed E-state index contributed by atoms with van der Waals surface area (Å²) in [5, 5.41) is 0. The van der Waals surface area contributed by atoms with Crippen LogP contribution in [0.3, 0.4) is 0 Å². The lowest BCUT2D eigenvalue weighted by atomic mass is 9.47. The molecule has 6 aliphatic rings. The van der Waals surface area contributed by atoms with Crippen molar-refractivity contribution >= 4 is 0 Å². The number of rotatable bonds is 3. The second kappa shape index (κ2) is 11.6.